The van der Waals surface area contributed by atoms with Crippen molar-refractivity contribution in [2.24, 2.45) is 12.1 Å². The first-order valence-corrected chi connectivity index (χ1v) is 7.97. The van der Waals surface area contributed by atoms with Crippen LogP contribution >= 0.6 is 0 Å². The SMILES string of the molecule is Cc1cc(C)n(Cc2ccc(C(=O)N/N=C\c3c(C)nn(C)c3F)o2)n1. The molecule has 0 aliphatic rings. The first-order valence-electron chi connectivity index (χ1n) is 7.97. The minimum Gasteiger partial charge on any atom is -0.454 e. The van der Waals surface area contributed by atoms with E-state index in [1.165, 1.54) is 13.3 Å². The van der Waals surface area contributed by atoms with E-state index in [1.807, 2.05) is 19.9 Å². The Labute approximate surface area is 149 Å². The highest BCUT2D eigenvalue weighted by molar-refractivity contribution is 5.92. The van der Waals surface area contributed by atoms with E-state index in [1.54, 1.807) is 23.7 Å². The molecule has 0 aliphatic carbocycles. The summed E-state index contributed by atoms with van der Waals surface area (Å²) in [5.74, 6) is -0.338. The monoisotopic (exact) mass is 358 g/mol. The molecule has 3 aromatic heterocycles. The van der Waals surface area contributed by atoms with Gasteiger partial charge < -0.3 is 4.42 Å². The highest BCUT2D eigenvalue weighted by Gasteiger charge is 2.13. The standard InChI is InChI=1S/C17H19FN6O2/c1-10-7-11(2)24(21-10)9-13-5-6-15(26-13)17(25)20-19-8-14-12(3)22-23(4)16(14)18/h5-8H,9H2,1-4H3,(H,20,25)/b19-8-. The smallest absolute Gasteiger partial charge is 0.307 e. The molecule has 0 unspecified atom stereocenters. The fourth-order valence-electron chi connectivity index (χ4n) is 2.57. The van der Waals surface area contributed by atoms with E-state index in [0.29, 0.717) is 18.0 Å². The topological polar surface area (TPSA) is 90.2 Å². The summed E-state index contributed by atoms with van der Waals surface area (Å²) in [6.45, 7) is 5.94. The number of nitrogens with one attached hydrogen (secondary N) is 1. The first kappa shape index (κ1) is 17.6. The number of carbonyl (C=O) groups excluding carboxylic acids is 1. The number of rotatable bonds is 5. The summed E-state index contributed by atoms with van der Waals surface area (Å²) >= 11 is 0. The minimum atomic E-state index is -0.525. The normalized spacial score (nSPS) is 11.4. The van der Waals surface area contributed by atoms with Gasteiger partial charge in [0.1, 0.15) is 5.76 Å². The van der Waals surface area contributed by atoms with Gasteiger partial charge in [0.05, 0.1) is 29.7 Å². The van der Waals surface area contributed by atoms with Gasteiger partial charge in [0.2, 0.25) is 5.95 Å². The Hall–Kier alpha value is -3.23. The zero-order chi connectivity index (χ0) is 18.8. The Morgan fingerprint density at radius 1 is 1.35 bits per heavy atom. The molecule has 0 spiro atoms. The Morgan fingerprint density at radius 3 is 2.73 bits per heavy atom. The molecule has 0 saturated carbocycles. The van der Waals surface area contributed by atoms with Crippen LogP contribution in [0.3, 0.4) is 0 Å². The Balaban J connectivity index is 1.64. The zero-order valence-electron chi connectivity index (χ0n) is 14.9. The van der Waals surface area contributed by atoms with E-state index in [0.717, 1.165) is 16.1 Å². The third-order valence-corrected chi connectivity index (χ3v) is 3.85. The minimum absolute atomic E-state index is 0.113. The second kappa shape index (κ2) is 6.95. The van der Waals surface area contributed by atoms with Crippen LogP contribution in [0, 0.1) is 26.7 Å². The van der Waals surface area contributed by atoms with Gasteiger partial charge in [-0.1, -0.05) is 0 Å². The second-order valence-electron chi connectivity index (χ2n) is 5.96. The lowest BCUT2D eigenvalue weighted by Crippen LogP contribution is -2.17. The van der Waals surface area contributed by atoms with E-state index >= 15 is 0 Å². The number of aryl methyl sites for hydroxylation is 4. The van der Waals surface area contributed by atoms with Crippen molar-refractivity contribution in [3.05, 3.63) is 58.3 Å². The number of amides is 1. The molecule has 0 aliphatic heterocycles. The quantitative estimate of drug-likeness (QED) is 0.558. The molecule has 8 nitrogen and oxygen atoms in total. The first-order chi connectivity index (χ1) is 12.3. The molecule has 1 amide bonds. The lowest BCUT2D eigenvalue weighted by molar-refractivity contribution is 0.0925. The zero-order valence-corrected chi connectivity index (χ0v) is 14.9. The van der Waals surface area contributed by atoms with E-state index in [2.05, 4.69) is 20.7 Å². The molecule has 3 rings (SSSR count). The van der Waals surface area contributed by atoms with Crippen LogP contribution < -0.4 is 5.43 Å². The van der Waals surface area contributed by atoms with Crippen LogP contribution in [-0.2, 0) is 13.6 Å². The molecule has 3 heterocycles. The molecule has 0 atom stereocenters. The predicted octanol–water partition coefficient (Wildman–Crippen LogP) is 2.09. The van der Waals surface area contributed by atoms with Gasteiger partial charge in [0, 0.05) is 12.7 Å². The van der Waals surface area contributed by atoms with Gasteiger partial charge in [-0.25, -0.2) is 10.1 Å². The van der Waals surface area contributed by atoms with Crippen LogP contribution in [0.25, 0.3) is 0 Å². The number of nitrogens with zero attached hydrogens (tertiary/aromatic N) is 5. The third-order valence-electron chi connectivity index (χ3n) is 3.85. The molecular weight excluding hydrogens is 339 g/mol. The van der Waals surface area contributed by atoms with E-state index < -0.39 is 11.9 Å². The van der Waals surface area contributed by atoms with Crippen LogP contribution in [0.15, 0.2) is 27.7 Å². The summed E-state index contributed by atoms with van der Waals surface area (Å²) in [5, 5.41) is 12.0. The third kappa shape index (κ3) is 3.56. The molecule has 26 heavy (non-hydrogen) atoms. The van der Waals surface area contributed by atoms with Crippen molar-refractivity contribution in [2.75, 3.05) is 0 Å². The molecule has 0 saturated heterocycles. The molecule has 9 heteroatoms. The van der Waals surface area contributed by atoms with E-state index in [4.69, 9.17) is 4.42 Å². The molecular formula is C17H19FN6O2. The van der Waals surface area contributed by atoms with Crippen LogP contribution in [0.1, 0.15) is 39.0 Å². The molecule has 0 fully saturated rings. The number of furan rings is 1. The summed E-state index contributed by atoms with van der Waals surface area (Å²) in [6.07, 6.45) is 1.22. The van der Waals surface area contributed by atoms with E-state index in [9.17, 15) is 9.18 Å². The van der Waals surface area contributed by atoms with Gasteiger partial charge in [-0.05, 0) is 39.0 Å². The Bertz CT molecular complexity index is 982. The van der Waals surface area contributed by atoms with Crippen molar-refractivity contribution >= 4 is 12.1 Å². The Morgan fingerprint density at radius 2 is 2.12 bits per heavy atom. The number of hydrazone groups is 1. The van der Waals surface area contributed by atoms with E-state index in [-0.39, 0.29) is 11.3 Å². The van der Waals surface area contributed by atoms with Crippen LogP contribution in [0.4, 0.5) is 4.39 Å². The highest BCUT2D eigenvalue weighted by atomic mass is 19.1. The predicted molar refractivity (Wildman–Crippen MR) is 92.5 cm³/mol. The van der Waals surface area contributed by atoms with Crippen molar-refractivity contribution in [1.29, 1.82) is 0 Å². The van der Waals surface area contributed by atoms with Crippen LogP contribution in [0.2, 0.25) is 0 Å². The lowest BCUT2D eigenvalue weighted by Gasteiger charge is -2.01. The summed E-state index contributed by atoms with van der Waals surface area (Å²) in [4.78, 5) is 12.1. The fourth-order valence-corrected chi connectivity index (χ4v) is 2.57. The number of hydrogen-bond donors (Lipinski definition) is 1. The van der Waals surface area contributed by atoms with Crippen molar-refractivity contribution in [1.82, 2.24) is 25.0 Å². The van der Waals surface area contributed by atoms with Crippen molar-refractivity contribution in [2.45, 2.75) is 27.3 Å². The summed E-state index contributed by atoms with van der Waals surface area (Å²) in [7, 11) is 1.49. The molecule has 3 aromatic rings. The van der Waals surface area contributed by atoms with Crippen LogP contribution in [0.5, 0.6) is 0 Å². The Kier molecular flexibility index (Phi) is 4.70. The number of aromatic nitrogens is 4. The van der Waals surface area contributed by atoms with Gasteiger partial charge in [-0.2, -0.15) is 19.7 Å². The van der Waals surface area contributed by atoms with Crippen molar-refractivity contribution < 1.29 is 13.6 Å². The maximum atomic E-state index is 13.8. The molecule has 0 aromatic carbocycles. The van der Waals surface area contributed by atoms with Crippen molar-refractivity contribution in [3.8, 4) is 0 Å². The van der Waals surface area contributed by atoms with Crippen molar-refractivity contribution in [3.63, 3.8) is 0 Å². The van der Waals surface area contributed by atoms with Gasteiger partial charge in [0.15, 0.2) is 5.76 Å². The molecule has 0 bridgehead atoms. The lowest BCUT2D eigenvalue weighted by atomic mass is 10.3. The highest BCUT2D eigenvalue weighted by Crippen LogP contribution is 2.12. The van der Waals surface area contributed by atoms with Crippen LogP contribution in [-0.4, -0.2) is 31.7 Å². The summed E-state index contributed by atoms with van der Waals surface area (Å²) in [6, 6.07) is 5.23. The van der Waals surface area contributed by atoms with Gasteiger partial charge in [0.25, 0.3) is 0 Å². The number of carbonyl (C=O) groups is 1. The second-order valence-corrected chi connectivity index (χ2v) is 5.96. The number of halogens is 1. The molecule has 0 radical (unpaired) electrons. The number of hydrogen-bond acceptors (Lipinski definition) is 5. The van der Waals surface area contributed by atoms with Gasteiger partial charge >= 0.3 is 5.91 Å². The molecule has 1 N–H and O–H groups in total. The average molecular weight is 358 g/mol. The summed E-state index contributed by atoms with van der Waals surface area (Å²) in [5.41, 5.74) is 4.93. The summed E-state index contributed by atoms with van der Waals surface area (Å²) < 4.78 is 22.2. The average Bonchev–Trinajstić information content (AvgIpc) is 3.23. The van der Waals surface area contributed by atoms with Gasteiger partial charge in [-0.15, -0.1) is 0 Å². The fraction of sp³-hybridized carbons (Fsp3) is 0.294. The maximum Gasteiger partial charge on any atom is 0.307 e. The molecule has 136 valence electrons. The largest absolute Gasteiger partial charge is 0.454 e. The van der Waals surface area contributed by atoms with Gasteiger partial charge in [-0.3, -0.25) is 9.48 Å². The maximum absolute atomic E-state index is 13.8.